The number of unbranched alkanes of at least 4 members (excludes halogenated alkanes) is 26. The molecule has 0 amide bonds. The zero-order valence-electron chi connectivity index (χ0n) is 34.6. The molecule has 0 aromatic rings. The van der Waals surface area contributed by atoms with Crippen molar-refractivity contribution in [1.29, 1.82) is 0 Å². The fourth-order valence-electron chi connectivity index (χ4n) is 6.59. The second-order valence-corrected chi connectivity index (χ2v) is 15.6. The van der Waals surface area contributed by atoms with Crippen LogP contribution in [0.25, 0.3) is 0 Å². The summed E-state index contributed by atoms with van der Waals surface area (Å²) < 4.78 is 16.7. The zero-order chi connectivity index (χ0) is 37.5. The van der Waals surface area contributed by atoms with Crippen LogP contribution in [-0.2, 0) is 28.6 Å². The molecule has 0 radical (unpaired) electrons. The zero-order valence-corrected chi connectivity index (χ0v) is 34.6. The molecule has 0 rings (SSSR count). The number of hydrogen-bond donors (Lipinski definition) is 0. The molecule has 0 aromatic carbocycles. The Bertz CT molecular complexity index is 768. The van der Waals surface area contributed by atoms with Crippen molar-refractivity contribution in [3.63, 3.8) is 0 Å². The van der Waals surface area contributed by atoms with Gasteiger partial charge in [0.1, 0.15) is 13.2 Å². The van der Waals surface area contributed by atoms with Gasteiger partial charge in [-0.25, -0.2) is 0 Å². The van der Waals surface area contributed by atoms with E-state index < -0.39 is 6.10 Å². The highest BCUT2D eigenvalue weighted by Crippen LogP contribution is 2.16. The smallest absolute Gasteiger partial charge is 0.306 e. The van der Waals surface area contributed by atoms with E-state index in [9.17, 15) is 14.4 Å². The molecule has 2 atom stereocenters. The van der Waals surface area contributed by atoms with Crippen LogP contribution in [0.3, 0.4) is 0 Å². The molecular weight excluding hydrogens is 636 g/mol. The van der Waals surface area contributed by atoms with Gasteiger partial charge >= 0.3 is 17.9 Å². The molecule has 0 spiro atoms. The Hall–Kier alpha value is -1.59. The predicted octanol–water partition coefficient (Wildman–Crippen LogP) is 13.9. The maximum atomic E-state index is 12.7. The van der Waals surface area contributed by atoms with Crippen molar-refractivity contribution in [3.05, 3.63) is 0 Å². The van der Waals surface area contributed by atoms with Crippen molar-refractivity contribution in [2.45, 2.75) is 252 Å². The molecule has 6 nitrogen and oxygen atoms in total. The van der Waals surface area contributed by atoms with Crippen LogP contribution in [-0.4, -0.2) is 37.2 Å². The van der Waals surface area contributed by atoms with Crippen molar-refractivity contribution in [3.8, 4) is 0 Å². The summed E-state index contributed by atoms with van der Waals surface area (Å²) in [5.41, 5.74) is 0. The molecule has 0 bridgehead atoms. The van der Waals surface area contributed by atoms with Gasteiger partial charge in [-0.1, -0.05) is 207 Å². The van der Waals surface area contributed by atoms with Gasteiger partial charge in [-0.05, 0) is 25.2 Å². The van der Waals surface area contributed by atoms with E-state index in [1.807, 2.05) is 0 Å². The normalized spacial score (nSPS) is 12.5. The highest BCUT2D eigenvalue weighted by atomic mass is 16.6. The Balaban J connectivity index is 4.33. The van der Waals surface area contributed by atoms with Gasteiger partial charge in [-0.3, -0.25) is 14.4 Å². The first-order valence-corrected chi connectivity index (χ1v) is 22.4. The maximum Gasteiger partial charge on any atom is 0.306 e. The average molecular weight is 723 g/mol. The minimum absolute atomic E-state index is 0.0644. The fourth-order valence-corrected chi connectivity index (χ4v) is 6.59. The molecule has 0 aliphatic carbocycles. The van der Waals surface area contributed by atoms with Crippen LogP contribution in [0.4, 0.5) is 0 Å². The van der Waals surface area contributed by atoms with Crippen molar-refractivity contribution < 1.29 is 28.6 Å². The molecule has 0 fully saturated rings. The lowest BCUT2D eigenvalue weighted by Gasteiger charge is -2.18. The first kappa shape index (κ1) is 49.4. The van der Waals surface area contributed by atoms with E-state index in [0.29, 0.717) is 19.3 Å². The van der Waals surface area contributed by atoms with E-state index in [-0.39, 0.29) is 31.1 Å². The molecule has 6 heteroatoms. The van der Waals surface area contributed by atoms with Crippen molar-refractivity contribution in [1.82, 2.24) is 0 Å². The first-order chi connectivity index (χ1) is 24.9. The third kappa shape index (κ3) is 38.0. The van der Waals surface area contributed by atoms with Crippen molar-refractivity contribution in [2.24, 2.45) is 5.92 Å². The Labute approximate surface area is 317 Å². The standard InChI is InChI=1S/C45H86O6/c1-5-8-10-12-14-16-17-18-20-26-30-34-38-45(48)51-42(39-49-43(46)36-32-28-24-19-15-13-11-9-6-2)40-50-44(47)37-33-29-25-22-21-23-27-31-35-41(4)7-3/h41-42H,5-40H2,1-4H3/t41?,42-/m1/s1. The van der Waals surface area contributed by atoms with Crippen molar-refractivity contribution >= 4 is 17.9 Å². The second kappa shape index (κ2) is 39.6. The van der Waals surface area contributed by atoms with E-state index in [2.05, 4.69) is 27.7 Å². The largest absolute Gasteiger partial charge is 0.462 e. The minimum Gasteiger partial charge on any atom is -0.462 e. The van der Waals surface area contributed by atoms with E-state index in [1.165, 1.54) is 141 Å². The topological polar surface area (TPSA) is 78.9 Å². The lowest BCUT2D eigenvalue weighted by atomic mass is 9.99. The molecular formula is C45H86O6. The molecule has 0 saturated heterocycles. The second-order valence-electron chi connectivity index (χ2n) is 15.6. The highest BCUT2D eigenvalue weighted by molar-refractivity contribution is 5.71. The molecule has 0 aliphatic heterocycles. The number of carbonyl (C=O) groups is 3. The summed E-state index contributed by atoms with van der Waals surface area (Å²) in [7, 11) is 0. The Morgan fingerprint density at radius 2 is 0.686 bits per heavy atom. The Morgan fingerprint density at radius 1 is 0.392 bits per heavy atom. The molecule has 0 aromatic heterocycles. The number of esters is 3. The lowest BCUT2D eigenvalue weighted by Crippen LogP contribution is -2.30. The number of carbonyl (C=O) groups excluding carboxylic acids is 3. The van der Waals surface area contributed by atoms with Crippen LogP contribution >= 0.6 is 0 Å². The van der Waals surface area contributed by atoms with Gasteiger partial charge in [-0.2, -0.15) is 0 Å². The summed E-state index contributed by atoms with van der Waals surface area (Å²) in [5.74, 6) is -0.0107. The SMILES string of the molecule is CCCCCCCCCCCCCCC(=O)O[C@H](COC(=O)CCCCCCCCCCC)COC(=O)CCCCCCCCCCC(C)CC. The number of ether oxygens (including phenoxy) is 3. The van der Waals surface area contributed by atoms with E-state index in [0.717, 1.165) is 63.7 Å². The van der Waals surface area contributed by atoms with Gasteiger partial charge in [-0.15, -0.1) is 0 Å². The monoisotopic (exact) mass is 723 g/mol. The number of hydrogen-bond acceptors (Lipinski definition) is 6. The highest BCUT2D eigenvalue weighted by Gasteiger charge is 2.19. The summed E-state index contributed by atoms with van der Waals surface area (Å²) >= 11 is 0. The lowest BCUT2D eigenvalue weighted by molar-refractivity contribution is -0.167. The van der Waals surface area contributed by atoms with Gasteiger partial charge in [0, 0.05) is 19.3 Å². The molecule has 0 saturated carbocycles. The van der Waals surface area contributed by atoms with Gasteiger partial charge in [0.15, 0.2) is 6.10 Å². The maximum absolute atomic E-state index is 12.7. The van der Waals surface area contributed by atoms with Gasteiger partial charge in [0.2, 0.25) is 0 Å². The van der Waals surface area contributed by atoms with Gasteiger partial charge in [0.05, 0.1) is 0 Å². The molecule has 0 aliphatic rings. The molecule has 302 valence electrons. The number of rotatable bonds is 40. The van der Waals surface area contributed by atoms with Gasteiger partial charge in [0.25, 0.3) is 0 Å². The fraction of sp³-hybridized carbons (Fsp3) is 0.933. The summed E-state index contributed by atoms with van der Waals surface area (Å²) in [6.45, 7) is 8.97. The van der Waals surface area contributed by atoms with Crippen LogP contribution in [0, 0.1) is 5.92 Å². The van der Waals surface area contributed by atoms with Crippen LogP contribution < -0.4 is 0 Å². The molecule has 0 N–H and O–H groups in total. The van der Waals surface area contributed by atoms with Crippen LogP contribution in [0.15, 0.2) is 0 Å². The Morgan fingerprint density at radius 3 is 1.02 bits per heavy atom. The minimum atomic E-state index is -0.758. The van der Waals surface area contributed by atoms with Crippen LogP contribution in [0.2, 0.25) is 0 Å². The Kier molecular flexibility index (Phi) is 38.4. The summed E-state index contributed by atoms with van der Waals surface area (Å²) in [5, 5.41) is 0. The third-order valence-corrected chi connectivity index (χ3v) is 10.4. The average Bonchev–Trinajstić information content (AvgIpc) is 3.13. The van der Waals surface area contributed by atoms with Crippen molar-refractivity contribution in [2.75, 3.05) is 13.2 Å². The summed E-state index contributed by atoms with van der Waals surface area (Å²) in [4.78, 5) is 37.6. The van der Waals surface area contributed by atoms with Gasteiger partial charge < -0.3 is 14.2 Å². The third-order valence-electron chi connectivity index (χ3n) is 10.4. The molecule has 0 heterocycles. The van der Waals surface area contributed by atoms with E-state index in [1.54, 1.807) is 0 Å². The van der Waals surface area contributed by atoms with E-state index >= 15 is 0 Å². The summed E-state index contributed by atoms with van der Waals surface area (Å²) in [6, 6.07) is 0. The van der Waals surface area contributed by atoms with Crippen LogP contribution in [0.1, 0.15) is 246 Å². The summed E-state index contributed by atoms with van der Waals surface area (Å²) in [6.07, 6.45) is 37.9. The first-order valence-electron chi connectivity index (χ1n) is 22.4. The van der Waals surface area contributed by atoms with Crippen LogP contribution in [0.5, 0.6) is 0 Å². The molecule has 51 heavy (non-hydrogen) atoms. The van der Waals surface area contributed by atoms with E-state index in [4.69, 9.17) is 14.2 Å². The predicted molar refractivity (Wildman–Crippen MR) is 215 cm³/mol. The quantitative estimate of drug-likeness (QED) is 0.0356. The molecule has 1 unspecified atom stereocenters.